The van der Waals surface area contributed by atoms with Crippen molar-refractivity contribution in [3.63, 3.8) is 0 Å². The Morgan fingerprint density at radius 3 is 0.907 bits per heavy atom. The molecular weight excluding hydrogens is 673 g/mol. The van der Waals surface area contributed by atoms with Gasteiger partial charge in [0.15, 0.2) is 6.10 Å². The predicted octanol–water partition coefficient (Wildman–Crippen LogP) is 15.0. The highest BCUT2D eigenvalue weighted by Crippen LogP contribution is 2.17. The molecule has 0 spiro atoms. The van der Waals surface area contributed by atoms with Crippen LogP contribution in [0, 0.1) is 11.8 Å². The van der Waals surface area contributed by atoms with Crippen LogP contribution in [0.1, 0.15) is 259 Å². The number of carbonyl (C=O) groups is 3. The van der Waals surface area contributed by atoms with Crippen molar-refractivity contribution in [3.05, 3.63) is 0 Å². The maximum Gasteiger partial charge on any atom is 0.306 e. The monoisotopic (exact) mass is 765 g/mol. The van der Waals surface area contributed by atoms with Crippen LogP contribution in [0.5, 0.6) is 0 Å². The van der Waals surface area contributed by atoms with E-state index in [2.05, 4.69) is 34.6 Å². The van der Waals surface area contributed by atoms with Crippen LogP contribution in [-0.2, 0) is 28.6 Å². The fraction of sp³-hybridized carbons (Fsp3) is 0.938. The average molecular weight is 765 g/mol. The molecule has 54 heavy (non-hydrogen) atoms. The number of unbranched alkanes of at least 4 members (excludes halogenated alkanes) is 27. The lowest BCUT2D eigenvalue weighted by atomic mass is 10.0. The van der Waals surface area contributed by atoms with Gasteiger partial charge in [-0.2, -0.15) is 0 Å². The van der Waals surface area contributed by atoms with Crippen molar-refractivity contribution in [2.45, 2.75) is 265 Å². The highest BCUT2D eigenvalue weighted by molar-refractivity contribution is 5.71. The molecule has 6 nitrogen and oxygen atoms in total. The van der Waals surface area contributed by atoms with Gasteiger partial charge in [-0.3, -0.25) is 14.4 Å². The Labute approximate surface area is 336 Å². The Balaban J connectivity index is 4.13. The molecule has 0 bridgehead atoms. The van der Waals surface area contributed by atoms with Crippen molar-refractivity contribution < 1.29 is 28.6 Å². The number of ether oxygens (including phenoxy) is 3. The van der Waals surface area contributed by atoms with Gasteiger partial charge in [0.1, 0.15) is 13.2 Å². The summed E-state index contributed by atoms with van der Waals surface area (Å²) in [6, 6.07) is 0. The standard InChI is InChI=1S/C48H92O6/c1-6-7-8-26-33-38-46(49)52-41-45(42-53-47(50)39-34-29-24-21-17-19-23-28-32-37-44(4)5)54-48(51)40-35-30-25-20-16-14-12-10-9-11-13-15-18-22-27-31-36-43(2)3/h43-45H,6-42H2,1-5H3/t45-/m0/s1. The lowest BCUT2D eigenvalue weighted by Crippen LogP contribution is -2.30. The van der Waals surface area contributed by atoms with E-state index in [1.54, 1.807) is 0 Å². The molecule has 0 heterocycles. The van der Waals surface area contributed by atoms with Crippen molar-refractivity contribution in [3.8, 4) is 0 Å². The summed E-state index contributed by atoms with van der Waals surface area (Å²) in [5.41, 5.74) is 0. The third kappa shape index (κ3) is 41.6. The summed E-state index contributed by atoms with van der Waals surface area (Å²) < 4.78 is 16.6. The molecule has 0 aliphatic carbocycles. The van der Waals surface area contributed by atoms with E-state index in [1.165, 1.54) is 141 Å². The Hall–Kier alpha value is -1.59. The van der Waals surface area contributed by atoms with E-state index in [0.29, 0.717) is 19.3 Å². The number of esters is 3. The SMILES string of the molecule is CCCCCCCC(=O)OC[C@@H](COC(=O)CCCCCCCCCCCC(C)C)OC(=O)CCCCCCCCCCCCCCCCCCC(C)C. The number of hydrogen-bond acceptors (Lipinski definition) is 6. The first kappa shape index (κ1) is 52.4. The van der Waals surface area contributed by atoms with Crippen LogP contribution in [0.4, 0.5) is 0 Å². The third-order valence-electron chi connectivity index (χ3n) is 10.7. The second-order valence-corrected chi connectivity index (χ2v) is 17.3. The molecule has 0 amide bonds. The second-order valence-electron chi connectivity index (χ2n) is 17.3. The average Bonchev–Trinajstić information content (AvgIpc) is 3.14. The zero-order valence-corrected chi connectivity index (χ0v) is 36.8. The van der Waals surface area contributed by atoms with Crippen molar-refractivity contribution in [2.24, 2.45) is 11.8 Å². The lowest BCUT2D eigenvalue weighted by molar-refractivity contribution is -0.167. The fourth-order valence-corrected chi connectivity index (χ4v) is 7.11. The predicted molar refractivity (Wildman–Crippen MR) is 229 cm³/mol. The molecule has 0 aliphatic heterocycles. The van der Waals surface area contributed by atoms with Gasteiger partial charge in [0.25, 0.3) is 0 Å². The first-order valence-electron chi connectivity index (χ1n) is 23.7. The molecule has 6 heteroatoms. The fourth-order valence-electron chi connectivity index (χ4n) is 7.11. The number of rotatable bonds is 42. The van der Waals surface area contributed by atoms with E-state index < -0.39 is 6.10 Å². The van der Waals surface area contributed by atoms with Crippen molar-refractivity contribution in [2.75, 3.05) is 13.2 Å². The highest BCUT2D eigenvalue weighted by Gasteiger charge is 2.19. The van der Waals surface area contributed by atoms with Crippen LogP contribution in [0.2, 0.25) is 0 Å². The van der Waals surface area contributed by atoms with Gasteiger partial charge in [0.2, 0.25) is 0 Å². The quantitative estimate of drug-likeness (QED) is 0.0350. The van der Waals surface area contributed by atoms with Gasteiger partial charge in [-0.1, -0.05) is 221 Å². The smallest absolute Gasteiger partial charge is 0.306 e. The molecule has 0 aliphatic rings. The zero-order chi connectivity index (χ0) is 39.7. The molecule has 1 atom stereocenters. The second kappa shape index (κ2) is 41.1. The van der Waals surface area contributed by atoms with E-state index in [9.17, 15) is 14.4 Å². The molecule has 0 N–H and O–H groups in total. The van der Waals surface area contributed by atoms with Crippen LogP contribution in [-0.4, -0.2) is 37.2 Å². The molecule has 320 valence electrons. The summed E-state index contributed by atoms with van der Waals surface area (Å²) in [5, 5.41) is 0. The minimum absolute atomic E-state index is 0.0657. The van der Waals surface area contributed by atoms with Gasteiger partial charge in [-0.25, -0.2) is 0 Å². The maximum absolute atomic E-state index is 12.7. The normalized spacial score (nSPS) is 12.1. The molecule has 0 rings (SSSR count). The highest BCUT2D eigenvalue weighted by atomic mass is 16.6. The number of carbonyl (C=O) groups excluding carboxylic acids is 3. The lowest BCUT2D eigenvalue weighted by Gasteiger charge is -2.18. The molecule has 0 fully saturated rings. The molecule has 0 saturated heterocycles. The van der Waals surface area contributed by atoms with Crippen LogP contribution in [0.3, 0.4) is 0 Å². The van der Waals surface area contributed by atoms with Gasteiger partial charge in [0, 0.05) is 19.3 Å². The molecule has 0 radical (unpaired) electrons. The van der Waals surface area contributed by atoms with Gasteiger partial charge in [0.05, 0.1) is 0 Å². The van der Waals surface area contributed by atoms with Gasteiger partial charge in [-0.15, -0.1) is 0 Å². The number of hydrogen-bond donors (Lipinski definition) is 0. The first-order chi connectivity index (χ1) is 26.2. The van der Waals surface area contributed by atoms with Gasteiger partial charge < -0.3 is 14.2 Å². The zero-order valence-electron chi connectivity index (χ0n) is 36.8. The molecule has 0 aromatic carbocycles. The Bertz CT molecular complexity index is 824. The Kier molecular flexibility index (Phi) is 39.8. The summed E-state index contributed by atoms with van der Waals surface area (Å²) in [6.45, 7) is 11.3. The van der Waals surface area contributed by atoms with Crippen LogP contribution < -0.4 is 0 Å². The summed E-state index contributed by atoms with van der Waals surface area (Å²) in [5.74, 6) is 0.791. The van der Waals surface area contributed by atoms with Crippen LogP contribution in [0.25, 0.3) is 0 Å². The van der Waals surface area contributed by atoms with E-state index in [1.807, 2.05) is 0 Å². The van der Waals surface area contributed by atoms with E-state index in [-0.39, 0.29) is 31.1 Å². The van der Waals surface area contributed by atoms with E-state index in [4.69, 9.17) is 14.2 Å². The third-order valence-corrected chi connectivity index (χ3v) is 10.7. The van der Waals surface area contributed by atoms with Crippen LogP contribution >= 0.6 is 0 Å². The van der Waals surface area contributed by atoms with Crippen molar-refractivity contribution in [1.29, 1.82) is 0 Å². The Morgan fingerprint density at radius 1 is 0.352 bits per heavy atom. The van der Waals surface area contributed by atoms with Gasteiger partial charge >= 0.3 is 17.9 Å². The minimum Gasteiger partial charge on any atom is -0.462 e. The van der Waals surface area contributed by atoms with Gasteiger partial charge in [-0.05, 0) is 31.1 Å². The first-order valence-corrected chi connectivity index (χ1v) is 23.7. The minimum atomic E-state index is -0.759. The Morgan fingerprint density at radius 2 is 0.611 bits per heavy atom. The molecule has 0 aromatic rings. The summed E-state index contributed by atoms with van der Waals surface area (Å²) >= 11 is 0. The topological polar surface area (TPSA) is 78.9 Å². The van der Waals surface area contributed by atoms with Crippen molar-refractivity contribution >= 4 is 17.9 Å². The van der Waals surface area contributed by atoms with Crippen LogP contribution in [0.15, 0.2) is 0 Å². The summed E-state index contributed by atoms with van der Waals surface area (Å²) in [7, 11) is 0. The summed E-state index contributed by atoms with van der Waals surface area (Å²) in [6.07, 6.45) is 39.8. The van der Waals surface area contributed by atoms with Crippen molar-refractivity contribution in [1.82, 2.24) is 0 Å². The largest absolute Gasteiger partial charge is 0.462 e. The maximum atomic E-state index is 12.7. The van der Waals surface area contributed by atoms with E-state index in [0.717, 1.165) is 76.0 Å². The van der Waals surface area contributed by atoms with E-state index >= 15 is 0 Å². The molecular formula is C48H92O6. The molecule has 0 saturated carbocycles. The molecule has 0 unspecified atom stereocenters. The molecule has 0 aromatic heterocycles. The summed E-state index contributed by atoms with van der Waals surface area (Å²) in [4.78, 5) is 37.5.